The lowest BCUT2D eigenvalue weighted by Crippen LogP contribution is -2.25. The molecule has 0 saturated carbocycles. The van der Waals surface area contributed by atoms with Crippen LogP contribution in [-0.2, 0) is 9.47 Å². The van der Waals surface area contributed by atoms with E-state index in [1.54, 1.807) is 38.4 Å². The molecule has 7 heteroatoms. The van der Waals surface area contributed by atoms with Crippen LogP contribution >= 0.6 is 0 Å². The third kappa shape index (κ3) is 7.36. The fraction of sp³-hybridized carbons (Fsp3) is 0.417. The quantitative estimate of drug-likeness (QED) is 0.222. The fourth-order valence-electron chi connectivity index (χ4n) is 3.00. The standard InChI is InChI=1S/C24H32FN3O3/c1-6-28(7-2)11-8-12-30-24-15-21(27-17-26-4)19(14-23(24)29-5)16-31-22-10-9-18(3)13-20(22)25/h9-10,13-17H,6-8,11-12H2,1-5H3/b19-16+,26-17-,27-21-. The summed E-state index contributed by atoms with van der Waals surface area (Å²) in [4.78, 5) is 10.6. The highest BCUT2D eigenvalue weighted by atomic mass is 19.1. The van der Waals surface area contributed by atoms with Gasteiger partial charge >= 0.3 is 0 Å². The number of aryl methyl sites for hydroxylation is 1. The number of hydrogen-bond acceptors (Lipinski definition) is 5. The van der Waals surface area contributed by atoms with Gasteiger partial charge < -0.3 is 19.1 Å². The number of methoxy groups -OCH3 is 1. The lowest BCUT2D eigenvalue weighted by molar-refractivity contribution is 0.161. The van der Waals surface area contributed by atoms with E-state index in [2.05, 4.69) is 28.7 Å². The second-order valence-electron chi connectivity index (χ2n) is 6.96. The van der Waals surface area contributed by atoms with Crippen molar-refractivity contribution in [2.24, 2.45) is 9.98 Å². The Morgan fingerprint density at radius 3 is 2.55 bits per heavy atom. The SMILES string of the molecule is CCN(CC)CCCOC1=CC(=N/C=N\C)/C(=C/Oc2ccc(C)cc2F)C=C1OC. The molecule has 0 amide bonds. The van der Waals surface area contributed by atoms with Crippen LogP contribution in [0.5, 0.6) is 5.75 Å². The minimum Gasteiger partial charge on any atom is -0.493 e. The van der Waals surface area contributed by atoms with E-state index >= 15 is 0 Å². The zero-order valence-electron chi connectivity index (χ0n) is 19.0. The first-order valence-corrected chi connectivity index (χ1v) is 10.5. The van der Waals surface area contributed by atoms with Crippen molar-refractivity contribution in [3.8, 4) is 5.75 Å². The molecule has 0 aromatic heterocycles. The van der Waals surface area contributed by atoms with Crippen LogP contribution in [0, 0.1) is 12.7 Å². The van der Waals surface area contributed by atoms with Gasteiger partial charge in [-0.2, -0.15) is 0 Å². The molecule has 168 valence electrons. The van der Waals surface area contributed by atoms with Crippen LogP contribution in [0.1, 0.15) is 25.8 Å². The monoisotopic (exact) mass is 429 g/mol. The number of allylic oxidation sites excluding steroid dienone is 3. The highest BCUT2D eigenvalue weighted by Crippen LogP contribution is 2.25. The fourth-order valence-corrected chi connectivity index (χ4v) is 3.00. The summed E-state index contributed by atoms with van der Waals surface area (Å²) in [5.41, 5.74) is 2.02. The van der Waals surface area contributed by atoms with E-state index in [4.69, 9.17) is 14.2 Å². The molecule has 0 N–H and O–H groups in total. The van der Waals surface area contributed by atoms with Gasteiger partial charge in [-0.05, 0) is 50.2 Å². The van der Waals surface area contributed by atoms with Gasteiger partial charge in [0.25, 0.3) is 0 Å². The Morgan fingerprint density at radius 2 is 1.90 bits per heavy atom. The third-order valence-electron chi connectivity index (χ3n) is 4.80. The first kappa shape index (κ1) is 24.3. The van der Waals surface area contributed by atoms with Gasteiger partial charge in [0.1, 0.15) is 12.6 Å². The van der Waals surface area contributed by atoms with Crippen molar-refractivity contribution < 1.29 is 18.6 Å². The number of nitrogens with zero attached hydrogens (tertiary/aromatic N) is 3. The maximum Gasteiger partial charge on any atom is 0.165 e. The molecule has 0 heterocycles. The molecule has 1 aliphatic carbocycles. The topological polar surface area (TPSA) is 55.7 Å². The largest absolute Gasteiger partial charge is 0.493 e. The van der Waals surface area contributed by atoms with E-state index in [0.29, 0.717) is 29.4 Å². The Kier molecular flexibility index (Phi) is 9.97. The van der Waals surface area contributed by atoms with Crippen LogP contribution in [0.25, 0.3) is 0 Å². The lowest BCUT2D eigenvalue weighted by Gasteiger charge is -2.20. The van der Waals surface area contributed by atoms with Crippen LogP contribution in [0.4, 0.5) is 4.39 Å². The maximum absolute atomic E-state index is 14.1. The van der Waals surface area contributed by atoms with Crippen LogP contribution in [0.15, 0.2) is 63.7 Å². The predicted octanol–water partition coefficient (Wildman–Crippen LogP) is 4.67. The Labute approximate surface area is 184 Å². The number of ether oxygens (including phenoxy) is 3. The summed E-state index contributed by atoms with van der Waals surface area (Å²) < 4.78 is 31.2. The van der Waals surface area contributed by atoms with E-state index in [1.165, 1.54) is 18.7 Å². The molecule has 1 aromatic carbocycles. The van der Waals surface area contributed by atoms with Crippen molar-refractivity contribution in [1.82, 2.24) is 4.90 Å². The summed E-state index contributed by atoms with van der Waals surface area (Å²) in [6.45, 7) is 9.69. The molecule has 1 aliphatic rings. The smallest absolute Gasteiger partial charge is 0.165 e. The number of rotatable bonds is 11. The third-order valence-corrected chi connectivity index (χ3v) is 4.80. The molecular weight excluding hydrogens is 397 g/mol. The Balaban J connectivity index is 2.18. The van der Waals surface area contributed by atoms with Gasteiger partial charge in [0.2, 0.25) is 0 Å². The zero-order chi connectivity index (χ0) is 22.6. The van der Waals surface area contributed by atoms with Crippen LogP contribution in [0.2, 0.25) is 0 Å². The highest BCUT2D eigenvalue weighted by Gasteiger charge is 2.19. The highest BCUT2D eigenvalue weighted by molar-refractivity contribution is 6.14. The number of benzene rings is 1. The molecular formula is C24H32FN3O3. The van der Waals surface area contributed by atoms with Gasteiger partial charge in [-0.15, -0.1) is 0 Å². The van der Waals surface area contributed by atoms with Crippen molar-refractivity contribution >= 4 is 12.1 Å². The summed E-state index contributed by atoms with van der Waals surface area (Å²) in [5.74, 6) is 0.847. The van der Waals surface area contributed by atoms with E-state index in [1.807, 2.05) is 6.92 Å². The first-order valence-electron chi connectivity index (χ1n) is 10.5. The molecule has 6 nitrogen and oxygen atoms in total. The zero-order valence-corrected chi connectivity index (χ0v) is 19.0. The number of halogens is 1. The Bertz CT molecular complexity index is 884. The van der Waals surface area contributed by atoms with Gasteiger partial charge in [0, 0.05) is 25.2 Å². The molecule has 0 radical (unpaired) electrons. The lowest BCUT2D eigenvalue weighted by atomic mass is 10.0. The van der Waals surface area contributed by atoms with Gasteiger partial charge in [0.05, 0.1) is 19.4 Å². The molecule has 0 spiro atoms. The van der Waals surface area contributed by atoms with Crippen molar-refractivity contribution in [3.63, 3.8) is 0 Å². The average molecular weight is 430 g/mol. The van der Waals surface area contributed by atoms with Crippen LogP contribution in [0.3, 0.4) is 0 Å². The van der Waals surface area contributed by atoms with Crippen molar-refractivity contribution in [3.05, 3.63) is 65.1 Å². The summed E-state index contributed by atoms with van der Waals surface area (Å²) >= 11 is 0. The molecule has 2 rings (SSSR count). The number of aliphatic imine (C=N–C) groups is 2. The van der Waals surface area contributed by atoms with E-state index in [-0.39, 0.29) is 5.75 Å². The average Bonchev–Trinajstić information content (AvgIpc) is 2.77. The number of hydrogen-bond donors (Lipinski definition) is 0. The second-order valence-corrected chi connectivity index (χ2v) is 6.96. The molecule has 0 unspecified atom stereocenters. The minimum atomic E-state index is -0.426. The van der Waals surface area contributed by atoms with Crippen molar-refractivity contribution in [2.45, 2.75) is 27.2 Å². The van der Waals surface area contributed by atoms with E-state index < -0.39 is 5.82 Å². The normalized spacial score (nSPS) is 16.7. The van der Waals surface area contributed by atoms with Crippen LogP contribution in [-0.4, -0.2) is 57.3 Å². The molecule has 1 aromatic rings. The summed E-state index contributed by atoms with van der Waals surface area (Å²) in [6, 6.07) is 4.81. The second kappa shape index (κ2) is 12.7. The van der Waals surface area contributed by atoms with Crippen LogP contribution < -0.4 is 4.74 Å². The van der Waals surface area contributed by atoms with Gasteiger partial charge in [-0.1, -0.05) is 19.9 Å². The summed E-state index contributed by atoms with van der Waals surface area (Å²) in [5, 5.41) is 0. The summed E-state index contributed by atoms with van der Waals surface area (Å²) in [6.07, 6.45) is 7.32. The summed E-state index contributed by atoms with van der Waals surface area (Å²) in [7, 11) is 3.21. The van der Waals surface area contributed by atoms with Crippen molar-refractivity contribution in [2.75, 3.05) is 40.4 Å². The van der Waals surface area contributed by atoms with E-state index in [0.717, 1.165) is 31.6 Å². The molecule has 0 fully saturated rings. The molecule has 0 atom stereocenters. The van der Waals surface area contributed by atoms with Crippen molar-refractivity contribution in [1.29, 1.82) is 0 Å². The molecule has 0 saturated heterocycles. The molecule has 31 heavy (non-hydrogen) atoms. The first-order chi connectivity index (χ1) is 15.0. The van der Waals surface area contributed by atoms with Gasteiger partial charge in [0.15, 0.2) is 23.1 Å². The molecule has 0 aliphatic heterocycles. The van der Waals surface area contributed by atoms with Gasteiger partial charge in [-0.25, -0.2) is 9.38 Å². The van der Waals surface area contributed by atoms with Gasteiger partial charge in [-0.3, -0.25) is 4.99 Å². The van der Waals surface area contributed by atoms with E-state index in [9.17, 15) is 4.39 Å². The Hall–Kier alpha value is -2.93. The maximum atomic E-state index is 14.1. The predicted molar refractivity (Wildman–Crippen MR) is 123 cm³/mol. The Morgan fingerprint density at radius 1 is 1.13 bits per heavy atom. The minimum absolute atomic E-state index is 0.136. The molecule has 0 bridgehead atoms.